The Morgan fingerprint density at radius 3 is 2.15 bits per heavy atom. The molecule has 0 aliphatic carbocycles. The molecule has 2 heterocycles. The van der Waals surface area contributed by atoms with Gasteiger partial charge in [-0.25, -0.2) is 8.42 Å². The first-order valence-corrected chi connectivity index (χ1v) is 9.55. The maximum absolute atomic E-state index is 12.6. The molecule has 1 aromatic carbocycles. The summed E-state index contributed by atoms with van der Waals surface area (Å²) in [7, 11) is -3.94. The van der Waals surface area contributed by atoms with E-state index in [1.54, 1.807) is 0 Å². The highest BCUT2D eigenvalue weighted by atomic mass is 32.2. The lowest BCUT2D eigenvalue weighted by atomic mass is 10.2. The monoisotopic (exact) mass is 406 g/mol. The Morgan fingerprint density at radius 2 is 1.63 bits per heavy atom. The summed E-state index contributed by atoms with van der Waals surface area (Å²) in [6.07, 6.45) is -3.30. The molecule has 3 rings (SSSR count). The highest BCUT2D eigenvalue weighted by Crippen LogP contribution is 2.30. The van der Waals surface area contributed by atoms with Crippen LogP contribution in [0.3, 0.4) is 0 Å². The Kier molecular flexibility index (Phi) is 5.33. The molecule has 0 atom stereocenters. The number of sulfonamides is 1. The molecule has 0 bridgehead atoms. The van der Waals surface area contributed by atoms with Gasteiger partial charge in [-0.15, -0.1) is 0 Å². The Labute approximate surface area is 154 Å². The summed E-state index contributed by atoms with van der Waals surface area (Å²) in [5.74, 6) is -0.318. The number of amides is 1. The molecule has 0 radical (unpaired) electrons. The predicted octanol–water partition coefficient (Wildman–Crippen LogP) is 1.43. The van der Waals surface area contributed by atoms with E-state index in [-0.39, 0.29) is 49.3 Å². The van der Waals surface area contributed by atoms with Gasteiger partial charge in [-0.2, -0.15) is 17.5 Å². The van der Waals surface area contributed by atoms with Gasteiger partial charge in [0, 0.05) is 26.2 Å². The number of hydrogen-bond donors (Lipinski definition) is 0. The lowest BCUT2D eigenvalue weighted by molar-refractivity contribution is -0.137. The third-order valence-electron chi connectivity index (χ3n) is 4.21. The molecule has 0 unspecified atom stereocenters. The third kappa shape index (κ3) is 4.19. The van der Waals surface area contributed by atoms with E-state index >= 15 is 0 Å². The first-order chi connectivity index (χ1) is 12.7. The summed E-state index contributed by atoms with van der Waals surface area (Å²) in [6, 6.07) is 3.35. The van der Waals surface area contributed by atoms with Crippen LogP contribution in [-0.2, 0) is 30.5 Å². The van der Waals surface area contributed by atoms with Crippen LogP contribution < -0.4 is 0 Å². The van der Waals surface area contributed by atoms with Crippen molar-refractivity contribution in [3.8, 4) is 0 Å². The van der Waals surface area contributed by atoms with Crippen LogP contribution in [0.5, 0.6) is 0 Å². The van der Waals surface area contributed by atoms with E-state index < -0.39 is 21.8 Å². The first kappa shape index (κ1) is 19.5. The molecular weight excluding hydrogens is 389 g/mol. The summed E-state index contributed by atoms with van der Waals surface area (Å²) in [5.41, 5.74) is -0.917. The fourth-order valence-corrected chi connectivity index (χ4v) is 4.16. The molecule has 2 aliphatic heterocycles. The van der Waals surface area contributed by atoms with Gasteiger partial charge in [0.1, 0.15) is 19.5 Å². The van der Waals surface area contributed by atoms with Gasteiger partial charge in [0.2, 0.25) is 15.8 Å². The van der Waals surface area contributed by atoms with Crippen LogP contribution in [0.25, 0.3) is 0 Å². The van der Waals surface area contributed by atoms with E-state index in [0.29, 0.717) is 6.61 Å². The van der Waals surface area contributed by atoms with Crippen LogP contribution in [0.2, 0.25) is 0 Å². The quantitative estimate of drug-likeness (QED) is 0.759. The molecule has 0 aromatic heterocycles. The molecule has 1 amide bonds. The summed E-state index contributed by atoms with van der Waals surface area (Å²) >= 11 is 0. The summed E-state index contributed by atoms with van der Waals surface area (Å²) in [6.45, 7) is 0.959. The van der Waals surface area contributed by atoms with Crippen molar-refractivity contribution in [2.45, 2.75) is 11.1 Å². The minimum absolute atomic E-state index is 0.0310. The Hall–Kier alpha value is -2.27. The van der Waals surface area contributed by atoms with Crippen molar-refractivity contribution in [3.63, 3.8) is 0 Å². The zero-order chi connectivity index (χ0) is 19.7. The second kappa shape index (κ2) is 7.39. The highest BCUT2D eigenvalue weighted by Gasteiger charge is 2.34. The van der Waals surface area contributed by atoms with Crippen LogP contribution in [0.4, 0.5) is 13.2 Å². The molecule has 148 valence electrons. The van der Waals surface area contributed by atoms with E-state index in [4.69, 9.17) is 9.47 Å². The van der Waals surface area contributed by atoms with Crippen molar-refractivity contribution in [3.05, 3.63) is 41.9 Å². The smallest absolute Gasteiger partial charge is 0.416 e. The normalized spacial score (nSPS) is 19.1. The lowest BCUT2D eigenvalue weighted by Gasteiger charge is -2.34. The van der Waals surface area contributed by atoms with Crippen molar-refractivity contribution < 1.29 is 35.9 Å². The van der Waals surface area contributed by atoms with Gasteiger partial charge in [-0.3, -0.25) is 4.79 Å². The molecule has 1 saturated heterocycles. The number of carbonyl (C=O) groups is 1. The molecular formula is C16H17F3N2O5S. The number of hydrogen-bond acceptors (Lipinski definition) is 5. The van der Waals surface area contributed by atoms with Crippen LogP contribution in [0.15, 0.2) is 41.2 Å². The fourth-order valence-electron chi connectivity index (χ4n) is 2.73. The van der Waals surface area contributed by atoms with Gasteiger partial charge in [-0.05, 0) is 24.3 Å². The van der Waals surface area contributed by atoms with Gasteiger partial charge >= 0.3 is 6.18 Å². The first-order valence-electron chi connectivity index (χ1n) is 8.11. The fraction of sp³-hybridized carbons (Fsp3) is 0.438. The van der Waals surface area contributed by atoms with Crippen LogP contribution in [0, 0.1) is 0 Å². The van der Waals surface area contributed by atoms with E-state index in [2.05, 4.69) is 0 Å². The number of rotatable bonds is 3. The summed E-state index contributed by atoms with van der Waals surface area (Å²) in [4.78, 5) is 13.5. The minimum Gasteiger partial charge on any atom is -0.494 e. The number of alkyl halides is 3. The Morgan fingerprint density at radius 1 is 1.00 bits per heavy atom. The molecule has 1 fully saturated rings. The van der Waals surface area contributed by atoms with Crippen LogP contribution in [0.1, 0.15) is 5.56 Å². The number of carbonyl (C=O) groups excluding carboxylic acids is 1. The summed E-state index contributed by atoms with van der Waals surface area (Å²) < 4.78 is 74.5. The van der Waals surface area contributed by atoms with Crippen molar-refractivity contribution >= 4 is 15.9 Å². The highest BCUT2D eigenvalue weighted by molar-refractivity contribution is 7.89. The molecule has 0 saturated carbocycles. The zero-order valence-corrected chi connectivity index (χ0v) is 14.9. The Balaban J connectivity index is 1.66. The van der Waals surface area contributed by atoms with Crippen molar-refractivity contribution in [2.75, 3.05) is 39.4 Å². The molecule has 0 N–H and O–H groups in total. The van der Waals surface area contributed by atoms with E-state index in [0.717, 1.165) is 28.6 Å². The second-order valence-corrected chi connectivity index (χ2v) is 7.86. The second-order valence-electron chi connectivity index (χ2n) is 5.92. The maximum Gasteiger partial charge on any atom is 0.416 e. The van der Waals surface area contributed by atoms with Crippen LogP contribution in [-0.4, -0.2) is 62.9 Å². The number of ether oxygens (including phenoxy) is 2. The average molecular weight is 406 g/mol. The molecule has 0 spiro atoms. The maximum atomic E-state index is 12.6. The largest absolute Gasteiger partial charge is 0.494 e. The summed E-state index contributed by atoms with van der Waals surface area (Å²) in [5, 5.41) is 0. The van der Waals surface area contributed by atoms with Gasteiger partial charge in [0.25, 0.3) is 5.91 Å². The number of nitrogens with zero attached hydrogens (tertiary/aromatic N) is 2. The van der Waals surface area contributed by atoms with E-state index in [1.165, 1.54) is 11.2 Å². The predicted molar refractivity (Wildman–Crippen MR) is 86.8 cm³/mol. The zero-order valence-electron chi connectivity index (χ0n) is 14.1. The lowest BCUT2D eigenvalue weighted by Crippen LogP contribution is -2.51. The molecule has 27 heavy (non-hydrogen) atoms. The minimum atomic E-state index is -4.53. The van der Waals surface area contributed by atoms with Gasteiger partial charge in [0.15, 0.2) is 0 Å². The topological polar surface area (TPSA) is 76.2 Å². The molecule has 1 aromatic rings. The van der Waals surface area contributed by atoms with Crippen LogP contribution >= 0.6 is 0 Å². The van der Waals surface area contributed by atoms with Crippen molar-refractivity contribution in [2.24, 2.45) is 0 Å². The van der Waals surface area contributed by atoms with Crippen molar-refractivity contribution in [1.29, 1.82) is 0 Å². The van der Waals surface area contributed by atoms with E-state index in [9.17, 15) is 26.4 Å². The average Bonchev–Trinajstić information content (AvgIpc) is 2.67. The number of benzene rings is 1. The van der Waals surface area contributed by atoms with Gasteiger partial charge in [-0.1, -0.05) is 0 Å². The Bertz CT molecular complexity index is 829. The molecule has 11 heteroatoms. The van der Waals surface area contributed by atoms with Gasteiger partial charge < -0.3 is 14.4 Å². The third-order valence-corrected chi connectivity index (χ3v) is 6.12. The SMILES string of the molecule is O=C(C1=COCCO1)N1CCN(S(=O)(=O)c2ccc(C(F)(F)F)cc2)CC1. The number of halogens is 3. The van der Waals surface area contributed by atoms with E-state index in [1.807, 2.05) is 0 Å². The molecule has 2 aliphatic rings. The molecule has 7 nitrogen and oxygen atoms in total. The van der Waals surface area contributed by atoms with Gasteiger partial charge in [0.05, 0.1) is 10.5 Å². The standard InChI is InChI=1S/C16H17F3N2O5S/c17-16(18,19)12-1-3-13(4-2-12)27(23,24)21-7-5-20(6-8-21)15(22)14-11-25-9-10-26-14/h1-4,11H,5-10H2. The number of piperazine rings is 1. The van der Waals surface area contributed by atoms with Crippen molar-refractivity contribution in [1.82, 2.24) is 9.21 Å².